The zero-order chi connectivity index (χ0) is 26.9. The molecule has 0 radical (unpaired) electrons. The van der Waals surface area contributed by atoms with E-state index in [1.54, 1.807) is 23.1 Å². The molecule has 2 aromatic carbocycles. The van der Waals surface area contributed by atoms with Gasteiger partial charge >= 0.3 is 0 Å². The Morgan fingerprint density at radius 1 is 1.08 bits per heavy atom. The molecule has 0 amide bonds. The number of nitrogens with zero attached hydrogens (tertiary/aromatic N) is 4. The van der Waals surface area contributed by atoms with Gasteiger partial charge in [0.05, 0.1) is 5.41 Å². The first-order valence-electron chi connectivity index (χ1n) is 13.3. The smallest absolute Gasteiger partial charge is 0.221 e. The fourth-order valence-electron chi connectivity index (χ4n) is 5.78. The van der Waals surface area contributed by atoms with E-state index in [1.807, 2.05) is 32.0 Å². The number of halogens is 2. The maximum atomic E-state index is 15.8. The molecule has 38 heavy (non-hydrogen) atoms. The minimum atomic E-state index is -3.78. The minimum Gasteiger partial charge on any atom is -0.381 e. The number of benzene rings is 2. The summed E-state index contributed by atoms with van der Waals surface area (Å²) in [6, 6.07) is 11.1. The van der Waals surface area contributed by atoms with Gasteiger partial charge in [-0.3, -0.25) is 4.68 Å². The van der Waals surface area contributed by atoms with Crippen LogP contribution < -0.4 is 0 Å². The monoisotopic (exact) mass is 544 g/mol. The number of ether oxygens (including phenoxy) is 1. The second-order valence-corrected chi connectivity index (χ2v) is 12.4. The van der Waals surface area contributed by atoms with E-state index in [0.29, 0.717) is 56.8 Å². The van der Waals surface area contributed by atoms with Crippen molar-refractivity contribution in [3.8, 4) is 0 Å². The zero-order valence-electron chi connectivity index (χ0n) is 21.8. The summed E-state index contributed by atoms with van der Waals surface area (Å²) in [7, 11) is -3.78. The molecule has 1 aromatic heterocycles. The number of aryl methyl sites for hydroxylation is 1. The lowest BCUT2D eigenvalue weighted by molar-refractivity contribution is 0.0592. The predicted molar refractivity (Wildman–Crippen MR) is 140 cm³/mol. The van der Waals surface area contributed by atoms with Gasteiger partial charge in [-0.25, -0.2) is 22.2 Å². The SMILES string of the molecule is CCCn1cnc(C2(c3cc(F)c(CN4[C@@H](C)CC[C@H](c5ccccc5)S4(=O)=O)cc3F)CCOCC2)n1. The van der Waals surface area contributed by atoms with E-state index < -0.39 is 32.3 Å². The van der Waals surface area contributed by atoms with Crippen molar-refractivity contribution in [2.24, 2.45) is 0 Å². The van der Waals surface area contributed by atoms with E-state index >= 15 is 8.78 Å². The maximum Gasteiger partial charge on any atom is 0.221 e. The molecule has 2 atom stereocenters. The van der Waals surface area contributed by atoms with Crippen LogP contribution in [-0.2, 0) is 33.3 Å². The van der Waals surface area contributed by atoms with E-state index in [-0.39, 0.29) is 23.7 Å². The van der Waals surface area contributed by atoms with E-state index in [4.69, 9.17) is 4.74 Å². The van der Waals surface area contributed by atoms with Crippen LogP contribution in [0.3, 0.4) is 0 Å². The first-order valence-corrected chi connectivity index (χ1v) is 14.8. The molecular formula is C28H34F2N4O3S. The molecule has 10 heteroatoms. The van der Waals surface area contributed by atoms with Crippen molar-refractivity contribution in [1.29, 1.82) is 0 Å². The van der Waals surface area contributed by atoms with Crippen molar-refractivity contribution in [2.75, 3.05) is 13.2 Å². The summed E-state index contributed by atoms with van der Waals surface area (Å²) >= 11 is 0. The summed E-state index contributed by atoms with van der Waals surface area (Å²) in [5.74, 6) is -0.764. The molecule has 3 aromatic rings. The minimum absolute atomic E-state index is 0.0158. The molecular weight excluding hydrogens is 510 g/mol. The molecule has 0 unspecified atom stereocenters. The Bertz CT molecular complexity index is 1370. The summed E-state index contributed by atoms with van der Waals surface area (Å²) in [4.78, 5) is 4.48. The van der Waals surface area contributed by atoms with Gasteiger partial charge in [0.2, 0.25) is 10.0 Å². The zero-order valence-corrected chi connectivity index (χ0v) is 22.6. The highest BCUT2D eigenvalue weighted by Crippen LogP contribution is 2.42. The van der Waals surface area contributed by atoms with Crippen LogP contribution >= 0.6 is 0 Å². The van der Waals surface area contributed by atoms with Crippen LogP contribution in [0, 0.1) is 11.6 Å². The normalized spacial score (nSPS) is 23.4. The number of aromatic nitrogens is 3. The Kier molecular flexibility index (Phi) is 7.66. The molecule has 0 saturated carbocycles. The summed E-state index contributed by atoms with van der Waals surface area (Å²) < 4.78 is 67.3. The van der Waals surface area contributed by atoms with Gasteiger partial charge in [-0.1, -0.05) is 37.3 Å². The fourth-order valence-corrected chi connectivity index (χ4v) is 7.97. The molecule has 2 saturated heterocycles. The molecule has 0 N–H and O–H groups in total. The second kappa shape index (κ2) is 10.8. The van der Waals surface area contributed by atoms with E-state index in [9.17, 15) is 8.42 Å². The third-order valence-corrected chi connectivity index (χ3v) is 10.3. The first kappa shape index (κ1) is 26.9. The third kappa shape index (κ3) is 4.89. The lowest BCUT2D eigenvalue weighted by Crippen LogP contribution is -2.45. The third-order valence-electron chi connectivity index (χ3n) is 7.94. The maximum absolute atomic E-state index is 15.8. The van der Waals surface area contributed by atoms with Crippen molar-refractivity contribution in [2.45, 2.75) is 75.7 Å². The first-order chi connectivity index (χ1) is 18.3. The number of hydrogen-bond donors (Lipinski definition) is 0. The van der Waals surface area contributed by atoms with Crippen LogP contribution in [0.25, 0.3) is 0 Å². The van der Waals surface area contributed by atoms with Gasteiger partial charge < -0.3 is 4.74 Å². The highest BCUT2D eigenvalue weighted by atomic mass is 32.2. The van der Waals surface area contributed by atoms with Crippen LogP contribution in [-0.4, -0.2) is 46.7 Å². The van der Waals surface area contributed by atoms with Crippen molar-refractivity contribution >= 4 is 10.0 Å². The Labute approximate surface area is 222 Å². The van der Waals surface area contributed by atoms with Gasteiger partial charge in [0, 0.05) is 43.5 Å². The van der Waals surface area contributed by atoms with Gasteiger partial charge in [-0.05, 0) is 56.7 Å². The molecule has 7 nitrogen and oxygen atoms in total. The molecule has 0 aliphatic carbocycles. The van der Waals surface area contributed by atoms with Crippen LogP contribution in [0.4, 0.5) is 8.78 Å². The average molecular weight is 545 g/mol. The molecule has 5 rings (SSSR count). The lowest BCUT2D eigenvalue weighted by atomic mass is 9.73. The van der Waals surface area contributed by atoms with Crippen molar-refractivity contribution < 1.29 is 21.9 Å². The van der Waals surface area contributed by atoms with Crippen LogP contribution in [0.5, 0.6) is 0 Å². The topological polar surface area (TPSA) is 77.3 Å². The number of rotatable bonds is 7. The van der Waals surface area contributed by atoms with E-state index in [1.165, 1.54) is 10.4 Å². The fraction of sp³-hybridized carbons (Fsp3) is 0.500. The quantitative estimate of drug-likeness (QED) is 0.413. The number of sulfonamides is 1. The van der Waals surface area contributed by atoms with Gasteiger partial charge in [0.15, 0.2) is 5.82 Å². The molecule has 0 spiro atoms. The Balaban J connectivity index is 1.49. The van der Waals surface area contributed by atoms with Crippen molar-refractivity contribution in [3.63, 3.8) is 0 Å². The Hall–Kier alpha value is -2.69. The van der Waals surface area contributed by atoms with E-state index in [2.05, 4.69) is 10.1 Å². The van der Waals surface area contributed by atoms with Crippen LogP contribution in [0.2, 0.25) is 0 Å². The second-order valence-electron chi connectivity index (χ2n) is 10.4. The predicted octanol–water partition coefficient (Wildman–Crippen LogP) is 5.12. The van der Waals surface area contributed by atoms with Crippen molar-refractivity contribution in [1.82, 2.24) is 19.1 Å². The summed E-state index contributed by atoms with van der Waals surface area (Å²) in [6.45, 7) is 5.07. The Morgan fingerprint density at radius 2 is 1.82 bits per heavy atom. The van der Waals surface area contributed by atoms with Crippen LogP contribution in [0.1, 0.15) is 73.7 Å². The highest BCUT2D eigenvalue weighted by Gasteiger charge is 2.44. The van der Waals surface area contributed by atoms with Crippen LogP contribution in [0.15, 0.2) is 48.8 Å². The molecule has 204 valence electrons. The molecule has 2 aliphatic rings. The average Bonchev–Trinajstić information content (AvgIpc) is 3.38. The summed E-state index contributed by atoms with van der Waals surface area (Å²) in [5, 5.41) is 3.89. The molecule has 0 bridgehead atoms. The number of hydrogen-bond acceptors (Lipinski definition) is 5. The highest BCUT2D eigenvalue weighted by molar-refractivity contribution is 7.89. The largest absolute Gasteiger partial charge is 0.381 e. The molecule has 2 fully saturated rings. The van der Waals surface area contributed by atoms with E-state index in [0.717, 1.165) is 12.5 Å². The molecule has 3 heterocycles. The van der Waals surface area contributed by atoms with Gasteiger partial charge in [-0.2, -0.15) is 9.40 Å². The molecule has 2 aliphatic heterocycles. The Morgan fingerprint density at radius 3 is 2.53 bits per heavy atom. The summed E-state index contributed by atoms with van der Waals surface area (Å²) in [5.41, 5.74) is 0.00166. The van der Waals surface area contributed by atoms with Gasteiger partial charge in [-0.15, -0.1) is 0 Å². The lowest BCUT2D eigenvalue weighted by Gasteiger charge is -2.38. The van der Waals surface area contributed by atoms with Crippen molar-refractivity contribution in [3.05, 3.63) is 82.9 Å². The van der Waals surface area contributed by atoms with Gasteiger partial charge in [0.25, 0.3) is 0 Å². The van der Waals surface area contributed by atoms with Gasteiger partial charge in [0.1, 0.15) is 23.2 Å². The summed E-state index contributed by atoms with van der Waals surface area (Å²) in [6.07, 6.45) is 4.48. The standard InChI is InChI=1S/C28H34F2N4O3S/c1-3-13-33-19-31-27(32-33)28(11-14-37-15-12-28)23-17-24(29)22(16-25(23)30)18-34-20(2)9-10-26(38(34,35)36)21-7-5-4-6-8-21/h4-8,16-17,19-20,26H,3,9-15,18H2,1-2H3/t20-,26+/m0/s1.